The molecule has 1 atom stereocenters. The molecular formula is C11H18N4O4. The molecule has 0 saturated carbocycles. The predicted octanol–water partition coefficient (Wildman–Crippen LogP) is -0.818. The van der Waals surface area contributed by atoms with Gasteiger partial charge in [-0.25, -0.2) is 4.79 Å². The van der Waals surface area contributed by atoms with Gasteiger partial charge in [0.15, 0.2) is 0 Å². The number of carboxylic acid groups (broad SMARTS) is 1. The van der Waals surface area contributed by atoms with E-state index < -0.39 is 17.9 Å². The van der Waals surface area contributed by atoms with E-state index in [9.17, 15) is 9.59 Å². The molecule has 0 bridgehead atoms. The first-order valence-corrected chi connectivity index (χ1v) is 6.02. The molecule has 1 unspecified atom stereocenters. The molecule has 19 heavy (non-hydrogen) atoms. The zero-order valence-electron chi connectivity index (χ0n) is 10.7. The van der Waals surface area contributed by atoms with Crippen LogP contribution < -0.4 is 5.32 Å². The Balaban J connectivity index is 2.55. The summed E-state index contributed by atoms with van der Waals surface area (Å²) in [6.45, 7) is 2.01. The van der Waals surface area contributed by atoms with E-state index in [-0.39, 0.29) is 13.0 Å². The Kier molecular flexibility index (Phi) is 5.94. The molecule has 1 heterocycles. The van der Waals surface area contributed by atoms with Gasteiger partial charge in [0.05, 0.1) is 5.69 Å². The van der Waals surface area contributed by atoms with Crippen molar-refractivity contribution >= 4 is 11.9 Å². The van der Waals surface area contributed by atoms with E-state index >= 15 is 0 Å². The third-order valence-corrected chi connectivity index (χ3v) is 2.47. The fraction of sp³-hybridized carbons (Fsp3) is 0.636. The summed E-state index contributed by atoms with van der Waals surface area (Å²) >= 11 is 0. The van der Waals surface area contributed by atoms with Gasteiger partial charge in [-0.15, -0.1) is 5.10 Å². The molecule has 0 saturated heterocycles. The van der Waals surface area contributed by atoms with E-state index in [2.05, 4.69) is 15.6 Å². The number of hydrogen-bond donors (Lipinski definition) is 3. The molecule has 106 valence electrons. The number of carboxylic acids is 1. The normalized spacial score (nSPS) is 12.1. The lowest BCUT2D eigenvalue weighted by Gasteiger charge is -2.10. The molecular weight excluding hydrogens is 252 g/mol. The van der Waals surface area contributed by atoms with Crippen LogP contribution in [0.1, 0.15) is 25.5 Å². The Labute approximate surface area is 110 Å². The third kappa shape index (κ3) is 5.47. The summed E-state index contributed by atoms with van der Waals surface area (Å²) in [6.07, 6.45) is 3.19. The minimum absolute atomic E-state index is 0.0922. The number of aliphatic hydroxyl groups excluding tert-OH is 1. The van der Waals surface area contributed by atoms with Crippen LogP contribution in [-0.4, -0.2) is 49.7 Å². The Hall–Kier alpha value is -1.96. The maximum absolute atomic E-state index is 11.0. The number of hydrogen-bond acceptors (Lipinski definition) is 5. The fourth-order valence-electron chi connectivity index (χ4n) is 1.58. The van der Waals surface area contributed by atoms with Crippen molar-refractivity contribution in [2.75, 3.05) is 6.61 Å². The van der Waals surface area contributed by atoms with Gasteiger partial charge in [0.2, 0.25) is 5.91 Å². The first kappa shape index (κ1) is 15.1. The average Bonchev–Trinajstić information content (AvgIpc) is 2.76. The number of aromatic nitrogens is 3. The first-order valence-electron chi connectivity index (χ1n) is 6.02. The van der Waals surface area contributed by atoms with Crippen molar-refractivity contribution < 1.29 is 19.8 Å². The second kappa shape index (κ2) is 7.47. The number of aryl methyl sites for hydroxylation is 1. The van der Waals surface area contributed by atoms with E-state index in [1.54, 1.807) is 10.9 Å². The van der Waals surface area contributed by atoms with Crippen LogP contribution in [0.25, 0.3) is 0 Å². The van der Waals surface area contributed by atoms with Crippen molar-refractivity contribution in [2.24, 2.45) is 0 Å². The van der Waals surface area contributed by atoms with Gasteiger partial charge in [0.25, 0.3) is 0 Å². The first-order chi connectivity index (χ1) is 9.02. The van der Waals surface area contributed by atoms with E-state index in [1.807, 2.05) is 0 Å². The van der Waals surface area contributed by atoms with Gasteiger partial charge < -0.3 is 15.5 Å². The third-order valence-electron chi connectivity index (χ3n) is 2.47. The van der Waals surface area contributed by atoms with Crippen molar-refractivity contribution in [3.63, 3.8) is 0 Å². The fourth-order valence-corrected chi connectivity index (χ4v) is 1.58. The number of carbonyl (C=O) groups is 2. The van der Waals surface area contributed by atoms with Gasteiger partial charge in [-0.3, -0.25) is 9.48 Å². The molecule has 0 fully saturated rings. The number of aliphatic hydroxyl groups is 1. The summed E-state index contributed by atoms with van der Waals surface area (Å²) in [5, 5.41) is 27.7. The second-order valence-electron chi connectivity index (χ2n) is 4.20. The highest BCUT2D eigenvalue weighted by molar-refractivity contribution is 5.82. The highest BCUT2D eigenvalue weighted by Gasteiger charge is 2.20. The van der Waals surface area contributed by atoms with Gasteiger partial charge in [-0.05, 0) is 12.8 Å². The van der Waals surface area contributed by atoms with E-state index in [4.69, 9.17) is 10.2 Å². The van der Waals surface area contributed by atoms with Gasteiger partial charge in [0, 0.05) is 32.7 Å². The van der Waals surface area contributed by atoms with E-state index in [0.29, 0.717) is 18.7 Å². The van der Waals surface area contributed by atoms with Gasteiger partial charge in [-0.1, -0.05) is 5.21 Å². The number of amides is 1. The molecule has 0 aliphatic carbocycles. The lowest BCUT2D eigenvalue weighted by molar-refractivity contribution is -0.141. The molecule has 3 N–H and O–H groups in total. The monoisotopic (exact) mass is 270 g/mol. The summed E-state index contributed by atoms with van der Waals surface area (Å²) in [4.78, 5) is 21.8. The second-order valence-corrected chi connectivity index (χ2v) is 4.20. The van der Waals surface area contributed by atoms with Gasteiger partial charge in [-0.2, -0.15) is 0 Å². The van der Waals surface area contributed by atoms with Crippen molar-refractivity contribution in [2.45, 2.75) is 38.8 Å². The molecule has 1 rings (SSSR count). The van der Waals surface area contributed by atoms with Crippen molar-refractivity contribution in [1.82, 2.24) is 20.3 Å². The largest absolute Gasteiger partial charge is 0.480 e. The molecule has 1 aromatic rings. The molecule has 0 aliphatic rings. The van der Waals surface area contributed by atoms with Gasteiger partial charge in [0.1, 0.15) is 6.04 Å². The minimum atomic E-state index is -1.11. The summed E-state index contributed by atoms with van der Waals surface area (Å²) in [6, 6.07) is -1.000. The highest BCUT2D eigenvalue weighted by atomic mass is 16.4. The van der Waals surface area contributed by atoms with Crippen LogP contribution in [0.3, 0.4) is 0 Å². The predicted molar refractivity (Wildman–Crippen MR) is 65.3 cm³/mol. The number of unbranched alkanes of at least 4 members (excludes halogenated alkanes) is 1. The summed E-state index contributed by atoms with van der Waals surface area (Å²) in [5.74, 6) is -1.51. The average molecular weight is 270 g/mol. The van der Waals surface area contributed by atoms with Crippen molar-refractivity contribution in [1.29, 1.82) is 0 Å². The quantitative estimate of drug-likeness (QED) is 0.531. The number of aliphatic carboxylic acids is 1. The maximum atomic E-state index is 11.0. The highest BCUT2D eigenvalue weighted by Crippen LogP contribution is 2.01. The molecule has 8 heteroatoms. The number of nitrogens with zero attached hydrogens (tertiary/aromatic N) is 3. The van der Waals surface area contributed by atoms with Crippen LogP contribution in [0.5, 0.6) is 0 Å². The van der Waals surface area contributed by atoms with Crippen LogP contribution in [0.15, 0.2) is 6.20 Å². The Bertz CT molecular complexity index is 432. The van der Waals surface area contributed by atoms with Crippen LogP contribution >= 0.6 is 0 Å². The van der Waals surface area contributed by atoms with Crippen LogP contribution in [0, 0.1) is 0 Å². The topological polar surface area (TPSA) is 117 Å². The SMILES string of the molecule is CC(=O)NC(Cc1cn(CCCCO)nn1)C(=O)O. The molecule has 1 amide bonds. The minimum Gasteiger partial charge on any atom is -0.480 e. The maximum Gasteiger partial charge on any atom is 0.326 e. The Morgan fingerprint density at radius 2 is 2.21 bits per heavy atom. The lowest BCUT2D eigenvalue weighted by atomic mass is 10.1. The smallest absolute Gasteiger partial charge is 0.326 e. The summed E-state index contributed by atoms with van der Waals surface area (Å²) in [5.41, 5.74) is 0.505. The van der Waals surface area contributed by atoms with Crippen LogP contribution in [-0.2, 0) is 22.6 Å². The Morgan fingerprint density at radius 1 is 1.47 bits per heavy atom. The molecule has 0 radical (unpaired) electrons. The molecule has 0 aromatic carbocycles. The number of carbonyl (C=O) groups excluding carboxylic acids is 1. The molecule has 1 aromatic heterocycles. The standard InChI is InChI=1S/C11H18N4O4/c1-8(17)12-10(11(18)19)6-9-7-15(14-13-9)4-2-3-5-16/h7,10,16H,2-6H2,1H3,(H,12,17)(H,18,19). The summed E-state index contributed by atoms with van der Waals surface area (Å²) in [7, 11) is 0. The van der Waals surface area contributed by atoms with Crippen LogP contribution in [0.2, 0.25) is 0 Å². The zero-order chi connectivity index (χ0) is 14.3. The zero-order valence-corrected chi connectivity index (χ0v) is 10.7. The molecule has 0 aliphatic heterocycles. The molecule has 0 spiro atoms. The van der Waals surface area contributed by atoms with Gasteiger partial charge >= 0.3 is 5.97 Å². The van der Waals surface area contributed by atoms with E-state index in [0.717, 1.165) is 6.42 Å². The van der Waals surface area contributed by atoms with Crippen LogP contribution in [0.4, 0.5) is 0 Å². The number of rotatable bonds is 8. The summed E-state index contributed by atoms with van der Waals surface area (Å²) < 4.78 is 1.59. The van der Waals surface area contributed by atoms with E-state index in [1.165, 1.54) is 6.92 Å². The lowest BCUT2D eigenvalue weighted by Crippen LogP contribution is -2.41. The number of nitrogens with one attached hydrogen (secondary N) is 1. The van der Waals surface area contributed by atoms with Crippen molar-refractivity contribution in [3.05, 3.63) is 11.9 Å². The Morgan fingerprint density at radius 3 is 2.79 bits per heavy atom. The van der Waals surface area contributed by atoms with Crippen molar-refractivity contribution in [3.8, 4) is 0 Å². The molecule has 8 nitrogen and oxygen atoms in total.